The molecule has 5 nitrogen and oxygen atoms in total. The Labute approximate surface area is 179 Å². The average Bonchev–Trinajstić information content (AvgIpc) is 3.30. The van der Waals surface area contributed by atoms with Crippen LogP contribution in [-0.2, 0) is 4.79 Å². The molecule has 30 heavy (non-hydrogen) atoms. The van der Waals surface area contributed by atoms with Gasteiger partial charge in [0, 0.05) is 19.0 Å². The Morgan fingerprint density at radius 1 is 1.03 bits per heavy atom. The zero-order chi connectivity index (χ0) is 21.1. The molecule has 1 heterocycles. The first-order valence-corrected chi connectivity index (χ1v) is 11.1. The number of carbonyl (C=O) groups is 2. The average molecular weight is 406 g/mol. The van der Waals surface area contributed by atoms with Gasteiger partial charge in [-0.15, -0.1) is 0 Å². The number of amides is 3. The number of nitrogens with one attached hydrogen (secondary N) is 1. The Morgan fingerprint density at radius 2 is 1.77 bits per heavy atom. The fraction of sp³-hybridized carbons (Fsp3) is 0.440. The summed E-state index contributed by atoms with van der Waals surface area (Å²) >= 11 is 0. The molecule has 1 N–H and O–H groups in total. The smallest absolute Gasteiger partial charge is 0.324 e. The number of hydrogen-bond acceptors (Lipinski definition) is 2. The molecule has 0 radical (unpaired) electrons. The van der Waals surface area contributed by atoms with Crippen LogP contribution in [0.25, 0.3) is 0 Å². The van der Waals surface area contributed by atoms with Gasteiger partial charge in [-0.25, -0.2) is 4.79 Å². The molecular weight excluding hydrogens is 374 g/mol. The maximum Gasteiger partial charge on any atom is 0.325 e. The van der Waals surface area contributed by atoms with Crippen LogP contribution in [0.1, 0.15) is 56.2 Å². The molecule has 2 aromatic carbocycles. The van der Waals surface area contributed by atoms with E-state index in [0.717, 1.165) is 61.2 Å². The number of rotatable bonds is 5. The highest BCUT2D eigenvalue weighted by Gasteiger charge is 2.32. The van der Waals surface area contributed by atoms with Gasteiger partial charge in [0.25, 0.3) is 0 Å². The van der Waals surface area contributed by atoms with Crippen molar-refractivity contribution in [1.82, 2.24) is 4.90 Å². The van der Waals surface area contributed by atoms with Crippen LogP contribution < -0.4 is 10.2 Å². The van der Waals surface area contributed by atoms with E-state index in [-0.39, 0.29) is 23.9 Å². The number of urea groups is 1. The molecule has 0 spiro atoms. The Morgan fingerprint density at radius 3 is 2.50 bits per heavy atom. The molecule has 158 valence electrons. The number of aryl methyl sites for hydroxylation is 1. The highest BCUT2D eigenvalue weighted by Crippen LogP contribution is 2.34. The van der Waals surface area contributed by atoms with Crippen molar-refractivity contribution < 1.29 is 9.59 Å². The lowest BCUT2D eigenvalue weighted by atomic mass is 10.1. The van der Waals surface area contributed by atoms with Crippen molar-refractivity contribution in [3.05, 3.63) is 59.7 Å². The normalized spacial score (nSPS) is 18.5. The lowest BCUT2D eigenvalue weighted by Crippen LogP contribution is -2.50. The highest BCUT2D eigenvalue weighted by atomic mass is 16.2. The summed E-state index contributed by atoms with van der Waals surface area (Å²) in [7, 11) is 0. The lowest BCUT2D eigenvalue weighted by molar-refractivity contribution is -0.119. The molecule has 2 aliphatic rings. The third kappa shape index (κ3) is 4.20. The second-order valence-electron chi connectivity index (χ2n) is 8.56. The molecule has 1 unspecified atom stereocenters. The Balaban J connectivity index is 1.58. The van der Waals surface area contributed by atoms with Gasteiger partial charge in [0.05, 0.1) is 17.4 Å². The first-order valence-electron chi connectivity index (χ1n) is 11.1. The zero-order valence-electron chi connectivity index (χ0n) is 17.9. The molecule has 5 heteroatoms. The van der Waals surface area contributed by atoms with Gasteiger partial charge in [-0.05, 0) is 56.4 Å². The third-order valence-corrected chi connectivity index (χ3v) is 6.43. The van der Waals surface area contributed by atoms with Crippen LogP contribution in [0.15, 0.2) is 48.5 Å². The van der Waals surface area contributed by atoms with Crippen molar-refractivity contribution in [1.29, 1.82) is 0 Å². The van der Waals surface area contributed by atoms with Crippen molar-refractivity contribution >= 4 is 23.3 Å². The van der Waals surface area contributed by atoms with E-state index >= 15 is 0 Å². The summed E-state index contributed by atoms with van der Waals surface area (Å²) in [5, 5.41) is 3.14. The molecule has 1 saturated heterocycles. The predicted octanol–water partition coefficient (Wildman–Crippen LogP) is 5.52. The summed E-state index contributed by atoms with van der Waals surface area (Å²) in [5.41, 5.74) is 3.74. The fourth-order valence-corrected chi connectivity index (χ4v) is 4.65. The van der Waals surface area contributed by atoms with Crippen LogP contribution >= 0.6 is 0 Å². The number of carbonyl (C=O) groups excluding carboxylic acids is 2. The molecular formula is C25H31N3O2. The van der Waals surface area contributed by atoms with E-state index in [1.165, 1.54) is 0 Å². The second-order valence-corrected chi connectivity index (χ2v) is 8.56. The SMILES string of the molecule is Cc1ccc(N2CCCN(C(C)c3ccccc3)C2=O)c(NC(=O)C2CCCC2)c1. The lowest BCUT2D eigenvalue weighted by Gasteiger charge is -2.39. The fourth-order valence-electron chi connectivity index (χ4n) is 4.65. The topological polar surface area (TPSA) is 52.6 Å². The van der Waals surface area contributed by atoms with Gasteiger partial charge in [0.2, 0.25) is 5.91 Å². The largest absolute Gasteiger partial charge is 0.325 e. The van der Waals surface area contributed by atoms with Crippen molar-refractivity contribution in [2.45, 2.75) is 52.0 Å². The van der Waals surface area contributed by atoms with Crippen LogP contribution in [0.3, 0.4) is 0 Å². The molecule has 1 atom stereocenters. The van der Waals surface area contributed by atoms with Crippen molar-refractivity contribution in [3.63, 3.8) is 0 Å². The minimum atomic E-state index is -0.00202. The standard InChI is InChI=1S/C25H31N3O2/c1-18-13-14-23(22(17-18)26-24(29)21-11-6-7-12-21)28-16-8-15-27(25(28)30)19(2)20-9-4-3-5-10-20/h3-5,9-10,13-14,17,19,21H,6-8,11-12,15-16H2,1-2H3,(H,26,29). The molecule has 2 fully saturated rings. The van der Waals surface area contributed by atoms with E-state index < -0.39 is 0 Å². The van der Waals surface area contributed by atoms with E-state index in [2.05, 4.69) is 24.4 Å². The highest BCUT2D eigenvalue weighted by molar-refractivity contribution is 6.01. The molecule has 1 aliphatic heterocycles. The van der Waals surface area contributed by atoms with Crippen LogP contribution in [0.2, 0.25) is 0 Å². The summed E-state index contributed by atoms with van der Waals surface area (Å²) in [4.78, 5) is 30.0. The minimum absolute atomic E-state index is 0.00202. The van der Waals surface area contributed by atoms with Crippen LogP contribution in [0.4, 0.5) is 16.2 Å². The van der Waals surface area contributed by atoms with Gasteiger partial charge in [0.1, 0.15) is 0 Å². The van der Waals surface area contributed by atoms with Crippen molar-refractivity contribution in [3.8, 4) is 0 Å². The summed E-state index contributed by atoms with van der Waals surface area (Å²) in [6.07, 6.45) is 5.05. The Hall–Kier alpha value is -2.82. The quantitative estimate of drug-likeness (QED) is 0.712. The number of nitrogens with zero attached hydrogens (tertiary/aromatic N) is 2. The van der Waals surface area contributed by atoms with Gasteiger partial charge < -0.3 is 10.2 Å². The van der Waals surface area contributed by atoms with E-state index in [0.29, 0.717) is 6.54 Å². The van der Waals surface area contributed by atoms with Crippen molar-refractivity contribution in [2.24, 2.45) is 5.92 Å². The van der Waals surface area contributed by atoms with Gasteiger partial charge in [-0.1, -0.05) is 49.2 Å². The third-order valence-electron chi connectivity index (χ3n) is 6.43. The summed E-state index contributed by atoms with van der Waals surface area (Å²) in [5.74, 6) is 0.170. The first kappa shape index (κ1) is 20.5. The predicted molar refractivity (Wildman–Crippen MR) is 121 cm³/mol. The summed E-state index contributed by atoms with van der Waals surface area (Å²) < 4.78 is 0. The van der Waals surface area contributed by atoms with Gasteiger partial charge in [0.15, 0.2) is 0 Å². The number of hydrogen-bond donors (Lipinski definition) is 1. The Kier molecular flexibility index (Phi) is 6.07. The monoisotopic (exact) mass is 405 g/mol. The van der Waals surface area contributed by atoms with Gasteiger partial charge >= 0.3 is 6.03 Å². The molecule has 0 bridgehead atoms. The van der Waals surface area contributed by atoms with Crippen LogP contribution in [-0.4, -0.2) is 29.9 Å². The molecule has 3 amide bonds. The summed E-state index contributed by atoms with van der Waals surface area (Å²) in [6.45, 7) is 5.48. The van der Waals surface area contributed by atoms with E-state index in [1.54, 1.807) is 0 Å². The minimum Gasteiger partial charge on any atom is -0.324 e. The molecule has 1 aliphatic carbocycles. The van der Waals surface area contributed by atoms with Crippen LogP contribution in [0.5, 0.6) is 0 Å². The van der Waals surface area contributed by atoms with Gasteiger partial charge in [-0.3, -0.25) is 9.69 Å². The first-order chi connectivity index (χ1) is 14.5. The Bertz CT molecular complexity index is 906. The molecule has 0 aromatic heterocycles. The molecule has 1 saturated carbocycles. The van der Waals surface area contributed by atoms with Crippen molar-refractivity contribution in [2.75, 3.05) is 23.3 Å². The second kappa shape index (κ2) is 8.90. The molecule has 2 aromatic rings. The van der Waals surface area contributed by atoms with E-state index in [4.69, 9.17) is 0 Å². The summed E-state index contributed by atoms with van der Waals surface area (Å²) in [6, 6.07) is 16.1. The number of anilines is 2. The molecule has 4 rings (SSSR count). The van der Waals surface area contributed by atoms with E-state index in [9.17, 15) is 9.59 Å². The maximum absolute atomic E-state index is 13.5. The van der Waals surface area contributed by atoms with E-state index in [1.807, 2.05) is 53.1 Å². The van der Waals surface area contributed by atoms with Crippen LogP contribution in [0, 0.1) is 12.8 Å². The maximum atomic E-state index is 13.5. The zero-order valence-corrected chi connectivity index (χ0v) is 17.9. The van der Waals surface area contributed by atoms with Gasteiger partial charge in [-0.2, -0.15) is 0 Å². The number of benzene rings is 2.